The second-order valence-corrected chi connectivity index (χ2v) is 10.0. The number of aryl methyl sites for hydroxylation is 2. The van der Waals surface area contributed by atoms with Crippen LogP contribution in [0.3, 0.4) is 0 Å². The molecule has 2 aromatic carbocycles. The predicted octanol–water partition coefficient (Wildman–Crippen LogP) is 6.16. The first-order valence-electron chi connectivity index (χ1n) is 12.9. The molecule has 1 N–H and O–H groups in total. The molecule has 2 heterocycles. The van der Waals surface area contributed by atoms with Gasteiger partial charge in [-0.1, -0.05) is 43.2 Å². The molecule has 1 aliphatic carbocycles. The molecule has 0 radical (unpaired) electrons. The van der Waals surface area contributed by atoms with Gasteiger partial charge in [0.05, 0.1) is 12.0 Å². The van der Waals surface area contributed by atoms with Gasteiger partial charge in [0.2, 0.25) is 0 Å². The molecular weight excluding hydrogens is 452 g/mol. The predicted molar refractivity (Wildman–Crippen MR) is 140 cm³/mol. The summed E-state index contributed by atoms with van der Waals surface area (Å²) >= 11 is 0. The molecule has 1 aliphatic heterocycles. The zero-order chi connectivity index (χ0) is 25.0. The van der Waals surface area contributed by atoms with Gasteiger partial charge in [0.1, 0.15) is 23.4 Å². The number of nitrogens with zero attached hydrogens (tertiary/aromatic N) is 2. The van der Waals surface area contributed by atoms with Crippen LogP contribution in [0, 0.1) is 5.41 Å². The SMILES string of the molecule is Cn1ccnc1C1=Cc2cc(OCCCC3(C(=O)O)CCCC3)ccc2OC1CCc1ccccc1. The molecule has 6 nitrogen and oxygen atoms in total. The Morgan fingerprint density at radius 3 is 2.72 bits per heavy atom. The highest BCUT2D eigenvalue weighted by atomic mass is 16.5. The number of aromatic nitrogens is 2. The van der Waals surface area contributed by atoms with Gasteiger partial charge in [0.15, 0.2) is 0 Å². The first-order valence-corrected chi connectivity index (χ1v) is 12.9. The molecular formula is C30H34N2O4. The first-order chi connectivity index (χ1) is 17.5. The molecule has 0 amide bonds. The molecule has 2 aliphatic rings. The molecule has 188 valence electrons. The molecule has 5 rings (SSSR count). The summed E-state index contributed by atoms with van der Waals surface area (Å²) < 4.78 is 14.6. The maximum atomic E-state index is 11.8. The number of fused-ring (bicyclic) bond motifs is 1. The molecule has 1 fully saturated rings. The van der Waals surface area contributed by atoms with Crippen LogP contribution >= 0.6 is 0 Å². The topological polar surface area (TPSA) is 73.6 Å². The van der Waals surface area contributed by atoms with E-state index in [1.165, 1.54) is 5.56 Å². The van der Waals surface area contributed by atoms with Crippen LogP contribution in [-0.2, 0) is 18.3 Å². The standard InChI is InChI=1S/C30H34N2O4/c1-32-18-17-31-28(32)25-21-23-20-24(35-19-7-16-30(29(33)34)14-5-6-15-30)11-13-26(23)36-27(25)12-10-22-8-3-2-4-9-22/h2-4,8-9,11,13,17-18,20-21,27H,5-7,10,12,14-16,19H2,1H3,(H,33,34). The number of hydrogen-bond acceptors (Lipinski definition) is 4. The van der Waals surface area contributed by atoms with Crippen molar-refractivity contribution in [3.05, 3.63) is 77.9 Å². The molecule has 3 aromatic rings. The summed E-state index contributed by atoms with van der Waals surface area (Å²) in [6.07, 6.45) is 12.6. The van der Waals surface area contributed by atoms with Crippen molar-refractivity contribution in [1.29, 1.82) is 0 Å². The molecule has 1 unspecified atom stereocenters. The third kappa shape index (κ3) is 5.18. The number of carboxylic acid groups (broad SMARTS) is 1. The third-order valence-electron chi connectivity index (χ3n) is 7.61. The summed E-state index contributed by atoms with van der Waals surface area (Å²) in [6, 6.07) is 16.4. The second-order valence-electron chi connectivity index (χ2n) is 10.0. The average Bonchev–Trinajstić information content (AvgIpc) is 3.55. The van der Waals surface area contributed by atoms with Crippen LogP contribution in [0.1, 0.15) is 61.9 Å². The molecule has 0 spiro atoms. The molecule has 1 aromatic heterocycles. The Hall–Kier alpha value is -3.54. The number of ether oxygens (including phenoxy) is 2. The minimum absolute atomic E-state index is 0.0933. The van der Waals surface area contributed by atoms with Crippen molar-refractivity contribution in [2.75, 3.05) is 6.61 Å². The van der Waals surface area contributed by atoms with E-state index in [1.54, 1.807) is 0 Å². The lowest BCUT2D eigenvalue weighted by molar-refractivity contribution is -0.149. The third-order valence-corrected chi connectivity index (χ3v) is 7.61. The van der Waals surface area contributed by atoms with Crippen LogP contribution in [0.15, 0.2) is 60.9 Å². The van der Waals surface area contributed by atoms with E-state index in [9.17, 15) is 9.90 Å². The highest BCUT2D eigenvalue weighted by Crippen LogP contribution is 2.42. The summed E-state index contributed by atoms with van der Waals surface area (Å²) in [4.78, 5) is 16.4. The zero-order valence-electron chi connectivity index (χ0n) is 20.9. The monoisotopic (exact) mass is 486 g/mol. The van der Waals surface area contributed by atoms with Crippen LogP contribution < -0.4 is 9.47 Å². The van der Waals surface area contributed by atoms with E-state index in [0.717, 1.165) is 73.4 Å². The van der Waals surface area contributed by atoms with Crippen LogP contribution in [0.25, 0.3) is 11.6 Å². The Kier molecular flexibility index (Phi) is 7.12. The van der Waals surface area contributed by atoms with Crippen LogP contribution in [0.2, 0.25) is 0 Å². The fourth-order valence-electron chi connectivity index (χ4n) is 5.55. The molecule has 6 heteroatoms. The highest BCUT2D eigenvalue weighted by molar-refractivity contribution is 5.85. The highest BCUT2D eigenvalue weighted by Gasteiger charge is 2.40. The van der Waals surface area contributed by atoms with Gasteiger partial charge in [0, 0.05) is 30.6 Å². The molecule has 36 heavy (non-hydrogen) atoms. The van der Waals surface area contributed by atoms with Crippen LogP contribution in [0.5, 0.6) is 11.5 Å². The van der Waals surface area contributed by atoms with E-state index < -0.39 is 11.4 Å². The fraction of sp³-hybridized carbons (Fsp3) is 0.400. The van der Waals surface area contributed by atoms with Crippen molar-refractivity contribution >= 4 is 17.6 Å². The van der Waals surface area contributed by atoms with E-state index in [0.29, 0.717) is 13.0 Å². The summed E-state index contributed by atoms with van der Waals surface area (Å²) in [5, 5.41) is 9.69. The molecule has 1 saturated carbocycles. The lowest BCUT2D eigenvalue weighted by atomic mass is 9.82. The lowest BCUT2D eigenvalue weighted by Crippen LogP contribution is -2.28. The Balaban J connectivity index is 1.28. The number of benzene rings is 2. The number of carbonyl (C=O) groups is 1. The maximum Gasteiger partial charge on any atom is 0.309 e. The van der Waals surface area contributed by atoms with Gasteiger partial charge in [-0.3, -0.25) is 4.79 Å². The number of imidazole rings is 1. The van der Waals surface area contributed by atoms with Crippen molar-refractivity contribution in [3.63, 3.8) is 0 Å². The lowest BCUT2D eigenvalue weighted by Gasteiger charge is -2.28. The Morgan fingerprint density at radius 1 is 1.19 bits per heavy atom. The van der Waals surface area contributed by atoms with Gasteiger partial charge in [-0.15, -0.1) is 0 Å². The van der Waals surface area contributed by atoms with Gasteiger partial charge in [-0.05, 0) is 68.4 Å². The largest absolute Gasteiger partial charge is 0.494 e. The summed E-state index contributed by atoms with van der Waals surface area (Å²) in [5.41, 5.74) is 2.77. The first kappa shape index (κ1) is 24.2. The number of rotatable bonds is 10. The van der Waals surface area contributed by atoms with Crippen molar-refractivity contribution in [3.8, 4) is 11.5 Å². The van der Waals surface area contributed by atoms with Crippen molar-refractivity contribution in [2.45, 2.75) is 57.5 Å². The summed E-state index contributed by atoms with van der Waals surface area (Å²) in [6.45, 7) is 0.504. The van der Waals surface area contributed by atoms with Crippen LogP contribution in [-0.4, -0.2) is 33.3 Å². The maximum absolute atomic E-state index is 11.8. The number of carboxylic acids is 1. The second kappa shape index (κ2) is 10.6. The summed E-state index contributed by atoms with van der Waals surface area (Å²) in [7, 11) is 2.00. The summed E-state index contributed by atoms with van der Waals surface area (Å²) in [5.74, 6) is 1.86. The van der Waals surface area contributed by atoms with Crippen molar-refractivity contribution in [2.24, 2.45) is 12.5 Å². The number of aliphatic carboxylic acids is 1. The van der Waals surface area contributed by atoms with Gasteiger partial charge < -0.3 is 19.1 Å². The van der Waals surface area contributed by atoms with E-state index in [4.69, 9.17) is 9.47 Å². The molecule has 0 bridgehead atoms. The van der Waals surface area contributed by atoms with Crippen LogP contribution in [0.4, 0.5) is 0 Å². The zero-order valence-corrected chi connectivity index (χ0v) is 20.9. The normalized spacial score (nSPS) is 18.2. The number of hydrogen-bond donors (Lipinski definition) is 1. The Labute approximate surface area is 212 Å². The van der Waals surface area contributed by atoms with E-state index in [1.807, 2.05) is 48.3 Å². The van der Waals surface area contributed by atoms with Crippen molar-refractivity contribution in [1.82, 2.24) is 9.55 Å². The van der Waals surface area contributed by atoms with E-state index in [-0.39, 0.29) is 6.10 Å². The molecule has 0 saturated heterocycles. The van der Waals surface area contributed by atoms with E-state index >= 15 is 0 Å². The van der Waals surface area contributed by atoms with Gasteiger partial charge >= 0.3 is 5.97 Å². The van der Waals surface area contributed by atoms with Gasteiger partial charge in [-0.2, -0.15) is 0 Å². The minimum atomic E-state index is -0.653. The average molecular weight is 487 g/mol. The Morgan fingerprint density at radius 2 is 2.00 bits per heavy atom. The van der Waals surface area contributed by atoms with E-state index in [2.05, 4.69) is 35.3 Å². The fourth-order valence-corrected chi connectivity index (χ4v) is 5.55. The Bertz CT molecular complexity index is 1220. The van der Waals surface area contributed by atoms with Crippen molar-refractivity contribution < 1.29 is 19.4 Å². The molecule has 1 atom stereocenters. The van der Waals surface area contributed by atoms with Gasteiger partial charge in [-0.25, -0.2) is 4.98 Å². The minimum Gasteiger partial charge on any atom is -0.494 e. The smallest absolute Gasteiger partial charge is 0.309 e. The van der Waals surface area contributed by atoms with Gasteiger partial charge in [0.25, 0.3) is 0 Å². The quantitative estimate of drug-likeness (QED) is 0.348.